The average Bonchev–Trinajstić information content (AvgIpc) is 2.99. The molecule has 1 atom stereocenters. The van der Waals surface area contributed by atoms with Gasteiger partial charge in [-0.15, -0.1) is 5.10 Å². The lowest BCUT2D eigenvalue weighted by Crippen LogP contribution is -2.35. The summed E-state index contributed by atoms with van der Waals surface area (Å²) in [5.74, 6) is 1.05. The van der Waals surface area contributed by atoms with Crippen LogP contribution in [-0.4, -0.2) is 31.3 Å². The zero-order valence-electron chi connectivity index (χ0n) is 13.7. The predicted molar refractivity (Wildman–Crippen MR) is 90.9 cm³/mol. The van der Waals surface area contributed by atoms with Crippen LogP contribution in [-0.2, 0) is 17.8 Å². The van der Waals surface area contributed by atoms with Gasteiger partial charge in [-0.05, 0) is 24.0 Å². The molecule has 1 amide bonds. The molecule has 0 aliphatic rings. The van der Waals surface area contributed by atoms with Crippen LogP contribution in [0, 0.1) is 5.92 Å². The molecule has 124 valence electrons. The van der Waals surface area contributed by atoms with Gasteiger partial charge < -0.3 is 5.32 Å². The van der Waals surface area contributed by atoms with Crippen molar-refractivity contribution in [2.75, 3.05) is 0 Å². The Morgan fingerprint density at radius 2 is 2.26 bits per heavy atom. The number of H-pyrrole nitrogens is 1. The van der Waals surface area contributed by atoms with Crippen LogP contribution in [0.4, 0.5) is 0 Å². The lowest BCUT2D eigenvalue weighted by atomic mass is 10.1. The summed E-state index contributed by atoms with van der Waals surface area (Å²) in [7, 11) is 0. The maximum Gasteiger partial charge on any atom is 0.234 e. The topological polar surface area (TPSA) is 83.6 Å². The quantitative estimate of drug-likeness (QED) is 0.726. The minimum Gasteiger partial charge on any atom is -0.351 e. The second-order valence-electron chi connectivity index (χ2n) is 5.68. The first-order valence-corrected chi connectivity index (χ1v) is 8.72. The molecule has 2 N–H and O–H groups in total. The van der Waals surface area contributed by atoms with Crippen LogP contribution in [0.1, 0.15) is 38.6 Å². The van der Waals surface area contributed by atoms with Crippen molar-refractivity contribution in [1.29, 1.82) is 0 Å². The molecule has 0 aliphatic carbocycles. The van der Waals surface area contributed by atoms with Crippen LogP contribution in [0.3, 0.4) is 0 Å². The van der Waals surface area contributed by atoms with Gasteiger partial charge >= 0.3 is 0 Å². The molecule has 0 radical (unpaired) electrons. The number of nitrogens with one attached hydrogen (secondary N) is 2. The average molecular weight is 333 g/mol. The molecule has 0 unspecified atom stereocenters. The molecule has 0 bridgehead atoms. The maximum absolute atomic E-state index is 12.5. The van der Waals surface area contributed by atoms with E-state index in [0.29, 0.717) is 11.7 Å². The molecular weight excluding hydrogens is 310 g/mol. The zero-order chi connectivity index (χ0) is 16.7. The number of pyridine rings is 1. The maximum atomic E-state index is 12.5. The Balaban J connectivity index is 1.95. The number of amides is 1. The molecule has 2 heterocycles. The highest BCUT2D eigenvalue weighted by Gasteiger charge is 2.25. The molecule has 2 aromatic heterocycles. The Hall–Kier alpha value is -1.89. The Bertz CT molecular complexity index is 614. The van der Waals surface area contributed by atoms with Crippen molar-refractivity contribution < 1.29 is 4.79 Å². The first kappa shape index (κ1) is 17.5. The minimum atomic E-state index is -0.225. The van der Waals surface area contributed by atoms with Gasteiger partial charge in [-0.1, -0.05) is 38.6 Å². The third-order valence-electron chi connectivity index (χ3n) is 3.28. The Morgan fingerprint density at radius 1 is 1.43 bits per heavy atom. The third kappa shape index (κ3) is 5.35. The number of aromatic amines is 1. The Kier molecular flexibility index (Phi) is 6.58. The highest BCUT2D eigenvalue weighted by atomic mass is 32.2. The fourth-order valence-corrected chi connectivity index (χ4v) is 3.03. The second kappa shape index (κ2) is 8.67. The van der Waals surface area contributed by atoms with Crippen LogP contribution < -0.4 is 5.32 Å². The molecule has 0 spiro atoms. The smallest absolute Gasteiger partial charge is 0.234 e. The third-order valence-corrected chi connectivity index (χ3v) is 4.69. The number of hydrogen-bond donors (Lipinski definition) is 2. The monoisotopic (exact) mass is 333 g/mol. The first-order chi connectivity index (χ1) is 11.1. The molecule has 0 fully saturated rings. The van der Waals surface area contributed by atoms with Gasteiger partial charge in [-0.25, -0.2) is 4.98 Å². The molecule has 0 saturated heterocycles. The van der Waals surface area contributed by atoms with Crippen molar-refractivity contribution in [3.8, 4) is 0 Å². The molecule has 7 heteroatoms. The van der Waals surface area contributed by atoms with Crippen molar-refractivity contribution in [1.82, 2.24) is 25.5 Å². The molecular formula is C16H23N5OS. The summed E-state index contributed by atoms with van der Waals surface area (Å²) in [4.78, 5) is 21.0. The van der Waals surface area contributed by atoms with E-state index in [0.717, 1.165) is 24.2 Å². The van der Waals surface area contributed by atoms with Gasteiger partial charge in [0.2, 0.25) is 11.1 Å². The number of carbonyl (C=O) groups excluding carboxylic acids is 1. The van der Waals surface area contributed by atoms with E-state index in [1.807, 2.05) is 26.0 Å². The van der Waals surface area contributed by atoms with Crippen molar-refractivity contribution in [3.05, 3.63) is 35.9 Å². The number of hydrogen-bond acceptors (Lipinski definition) is 5. The van der Waals surface area contributed by atoms with Crippen LogP contribution >= 0.6 is 11.8 Å². The molecule has 0 aromatic carbocycles. The van der Waals surface area contributed by atoms with Gasteiger partial charge in [0, 0.05) is 25.4 Å². The van der Waals surface area contributed by atoms with E-state index < -0.39 is 0 Å². The fraction of sp³-hybridized carbons (Fsp3) is 0.500. The Labute approximate surface area is 140 Å². The van der Waals surface area contributed by atoms with Gasteiger partial charge in [0.15, 0.2) is 0 Å². The number of aromatic nitrogens is 4. The standard InChI is InChI=1S/C16H23N5OS/c1-4-6-13-19-16(21-20-13)23-14(11(2)3)15(22)18-10-12-7-5-8-17-9-12/h5,7-9,11,14H,4,6,10H2,1-3H3,(H,18,22)(H,19,20,21)/t14-/m0/s1. The zero-order valence-corrected chi connectivity index (χ0v) is 14.6. The summed E-state index contributed by atoms with van der Waals surface area (Å²) in [5, 5.41) is 10.5. The van der Waals surface area contributed by atoms with Crippen molar-refractivity contribution >= 4 is 17.7 Å². The first-order valence-electron chi connectivity index (χ1n) is 7.84. The van der Waals surface area contributed by atoms with E-state index in [4.69, 9.17) is 0 Å². The summed E-state index contributed by atoms with van der Waals surface area (Å²) >= 11 is 1.41. The molecule has 2 aromatic rings. The lowest BCUT2D eigenvalue weighted by molar-refractivity contribution is -0.121. The van der Waals surface area contributed by atoms with Crippen molar-refractivity contribution in [2.45, 2.75) is 50.6 Å². The molecule has 6 nitrogen and oxygen atoms in total. The molecule has 0 aliphatic heterocycles. The van der Waals surface area contributed by atoms with E-state index in [1.165, 1.54) is 11.8 Å². The van der Waals surface area contributed by atoms with E-state index in [-0.39, 0.29) is 17.1 Å². The van der Waals surface area contributed by atoms with Crippen LogP contribution in [0.15, 0.2) is 29.7 Å². The number of carbonyl (C=O) groups is 1. The highest BCUT2D eigenvalue weighted by molar-refractivity contribution is 8.00. The van der Waals surface area contributed by atoms with E-state index in [2.05, 4.69) is 32.4 Å². The second-order valence-corrected chi connectivity index (χ2v) is 6.78. The summed E-state index contributed by atoms with van der Waals surface area (Å²) in [6.45, 7) is 6.63. The minimum absolute atomic E-state index is 0.00399. The van der Waals surface area contributed by atoms with Crippen molar-refractivity contribution in [3.63, 3.8) is 0 Å². The largest absolute Gasteiger partial charge is 0.351 e. The van der Waals surface area contributed by atoms with Gasteiger partial charge in [0.25, 0.3) is 0 Å². The highest BCUT2D eigenvalue weighted by Crippen LogP contribution is 2.25. The summed E-state index contributed by atoms with van der Waals surface area (Å²) in [5.41, 5.74) is 0.983. The fourth-order valence-electron chi connectivity index (χ4n) is 2.08. The predicted octanol–water partition coefficient (Wildman–Crippen LogP) is 2.59. The van der Waals surface area contributed by atoms with Gasteiger partial charge in [0.05, 0.1) is 5.25 Å². The number of thioether (sulfide) groups is 1. The molecule has 23 heavy (non-hydrogen) atoms. The number of aryl methyl sites for hydroxylation is 1. The SMILES string of the molecule is CCCc1nc(S[C@H](C(=O)NCc2cccnc2)C(C)C)n[nH]1. The molecule has 0 saturated carbocycles. The normalized spacial score (nSPS) is 12.3. The van der Waals surface area contributed by atoms with Gasteiger partial charge in [-0.3, -0.25) is 14.9 Å². The number of nitrogens with zero attached hydrogens (tertiary/aromatic N) is 3. The van der Waals surface area contributed by atoms with Gasteiger partial charge in [0.1, 0.15) is 5.82 Å². The van der Waals surface area contributed by atoms with Crippen LogP contribution in [0.2, 0.25) is 0 Å². The van der Waals surface area contributed by atoms with E-state index in [9.17, 15) is 4.79 Å². The van der Waals surface area contributed by atoms with E-state index in [1.54, 1.807) is 12.4 Å². The summed E-state index contributed by atoms with van der Waals surface area (Å²) in [6, 6.07) is 3.80. The van der Waals surface area contributed by atoms with Crippen LogP contribution in [0.25, 0.3) is 0 Å². The Morgan fingerprint density at radius 3 is 2.91 bits per heavy atom. The van der Waals surface area contributed by atoms with Crippen LogP contribution in [0.5, 0.6) is 0 Å². The molecule has 2 rings (SSSR count). The lowest BCUT2D eigenvalue weighted by Gasteiger charge is -2.18. The van der Waals surface area contributed by atoms with E-state index >= 15 is 0 Å². The van der Waals surface area contributed by atoms with Crippen molar-refractivity contribution in [2.24, 2.45) is 5.92 Å². The van der Waals surface area contributed by atoms with Gasteiger partial charge in [-0.2, -0.15) is 0 Å². The summed E-state index contributed by atoms with van der Waals surface area (Å²) < 4.78 is 0. The number of rotatable bonds is 8. The summed E-state index contributed by atoms with van der Waals surface area (Å²) in [6.07, 6.45) is 5.35.